The van der Waals surface area contributed by atoms with Crippen LogP contribution in [0.3, 0.4) is 0 Å². The third kappa shape index (κ3) is 4.84. The van der Waals surface area contributed by atoms with Crippen LogP contribution in [0.25, 0.3) is 21.5 Å². The Morgan fingerprint density at radius 2 is 1.72 bits per heavy atom. The van der Waals surface area contributed by atoms with E-state index in [0.717, 1.165) is 39.9 Å². The molecule has 0 atom stereocenters. The van der Waals surface area contributed by atoms with Crippen molar-refractivity contribution >= 4 is 49.1 Å². The second-order valence-corrected chi connectivity index (χ2v) is 13.4. The molecule has 1 N–H and O–H groups in total. The van der Waals surface area contributed by atoms with Gasteiger partial charge in [-0.25, -0.2) is 13.2 Å². The monoisotopic (exact) mass is 549 g/mol. The third-order valence-corrected chi connectivity index (χ3v) is 10.5. The van der Waals surface area contributed by atoms with Crippen molar-refractivity contribution < 1.29 is 18.3 Å². The number of carbonyl (C=O) groups is 1. The quantitative estimate of drug-likeness (QED) is 0.446. The number of carboxylic acid groups (broad SMARTS) is 1. The smallest absolute Gasteiger partial charge is 0.346 e. The van der Waals surface area contributed by atoms with Gasteiger partial charge in [-0.05, 0) is 42.0 Å². The van der Waals surface area contributed by atoms with Crippen LogP contribution in [0, 0.1) is 0 Å². The van der Waals surface area contributed by atoms with Crippen LogP contribution in [0.5, 0.6) is 0 Å². The maximum atomic E-state index is 12.4. The van der Waals surface area contributed by atoms with E-state index in [1.807, 2.05) is 19.2 Å². The fraction of sp³-hybridized carbons (Fsp3) is 0.500. The predicted molar refractivity (Wildman–Crippen MR) is 146 cm³/mol. The highest BCUT2D eigenvalue weighted by molar-refractivity contribution is 7.88. The van der Waals surface area contributed by atoms with E-state index >= 15 is 0 Å². The topological polar surface area (TPSA) is 82.8 Å². The van der Waals surface area contributed by atoms with Crippen LogP contribution in [0.2, 0.25) is 5.02 Å². The summed E-state index contributed by atoms with van der Waals surface area (Å²) in [5.74, 6) is -0.497. The Morgan fingerprint density at radius 3 is 2.31 bits per heavy atom. The molecule has 1 saturated carbocycles. The van der Waals surface area contributed by atoms with Gasteiger partial charge in [-0.15, -0.1) is 11.3 Å². The van der Waals surface area contributed by atoms with E-state index < -0.39 is 16.0 Å². The molecule has 10 heteroatoms. The molecule has 2 aliphatic rings. The zero-order chi connectivity index (χ0) is 25.6. The van der Waals surface area contributed by atoms with E-state index in [1.165, 1.54) is 46.7 Å². The number of sulfonamides is 1. The molecule has 5 rings (SSSR count). The largest absolute Gasteiger partial charge is 0.477 e. The second kappa shape index (κ2) is 10.1. The molecular formula is C26H32ClN3O4S2. The maximum Gasteiger partial charge on any atom is 0.346 e. The minimum atomic E-state index is -3.22. The number of aromatic nitrogens is 1. The molecule has 0 unspecified atom stereocenters. The SMILES string of the molecule is Cn1c(-c2ccc(Cl)cc2)c(C2CCCCC2)c2sc(C(=O)O)c(CN3CCN(S(C)(=O)=O)CC3)c21. The summed E-state index contributed by atoms with van der Waals surface area (Å²) in [5, 5.41) is 10.8. The van der Waals surface area contributed by atoms with Gasteiger partial charge >= 0.3 is 5.97 Å². The fourth-order valence-corrected chi connectivity index (χ4v) is 8.14. The maximum absolute atomic E-state index is 12.4. The molecule has 1 saturated heterocycles. The molecule has 3 heterocycles. The summed E-state index contributed by atoms with van der Waals surface area (Å²) in [6, 6.07) is 7.92. The van der Waals surface area contributed by atoms with Gasteiger partial charge in [0.2, 0.25) is 10.0 Å². The van der Waals surface area contributed by atoms with Crippen molar-refractivity contribution in [1.29, 1.82) is 0 Å². The number of thiophene rings is 1. The number of hydrogen-bond acceptors (Lipinski definition) is 5. The highest BCUT2D eigenvalue weighted by atomic mass is 35.5. The zero-order valence-corrected chi connectivity index (χ0v) is 23.1. The number of rotatable bonds is 6. The highest BCUT2D eigenvalue weighted by Crippen LogP contribution is 2.48. The normalized spacial score (nSPS) is 18.8. The summed E-state index contributed by atoms with van der Waals surface area (Å²) in [6.07, 6.45) is 7.10. The molecule has 3 aromatic rings. The van der Waals surface area contributed by atoms with Gasteiger partial charge in [0.1, 0.15) is 4.88 Å². The first-order valence-electron chi connectivity index (χ1n) is 12.5. The molecule has 1 aromatic carbocycles. The summed E-state index contributed by atoms with van der Waals surface area (Å²) in [7, 11) is -1.18. The van der Waals surface area contributed by atoms with Crippen LogP contribution < -0.4 is 0 Å². The van der Waals surface area contributed by atoms with Gasteiger partial charge in [-0.2, -0.15) is 4.31 Å². The van der Waals surface area contributed by atoms with Gasteiger partial charge in [-0.3, -0.25) is 4.90 Å². The van der Waals surface area contributed by atoms with E-state index in [-0.39, 0.29) is 0 Å². The van der Waals surface area contributed by atoms with Crippen molar-refractivity contribution in [3.63, 3.8) is 0 Å². The lowest BCUT2D eigenvalue weighted by Crippen LogP contribution is -2.47. The van der Waals surface area contributed by atoms with Crippen LogP contribution in [0.4, 0.5) is 0 Å². The number of aryl methyl sites for hydroxylation is 1. The second-order valence-electron chi connectivity index (χ2n) is 9.99. The lowest BCUT2D eigenvalue weighted by atomic mass is 9.83. The minimum absolute atomic E-state index is 0.390. The Morgan fingerprint density at radius 1 is 1.08 bits per heavy atom. The van der Waals surface area contributed by atoms with Crippen molar-refractivity contribution in [1.82, 2.24) is 13.8 Å². The molecule has 2 fully saturated rings. The minimum Gasteiger partial charge on any atom is -0.477 e. The highest BCUT2D eigenvalue weighted by Gasteiger charge is 2.32. The summed E-state index contributed by atoms with van der Waals surface area (Å²) in [5.41, 5.74) is 5.34. The van der Waals surface area contributed by atoms with E-state index in [9.17, 15) is 18.3 Å². The average Bonchev–Trinajstić information content (AvgIpc) is 3.35. The third-order valence-electron chi connectivity index (χ3n) is 7.66. The molecule has 0 amide bonds. The summed E-state index contributed by atoms with van der Waals surface area (Å²) in [4.78, 5) is 14.9. The zero-order valence-electron chi connectivity index (χ0n) is 20.7. The molecular weight excluding hydrogens is 518 g/mol. The summed E-state index contributed by atoms with van der Waals surface area (Å²) < 4.78 is 28.6. The van der Waals surface area contributed by atoms with Gasteiger partial charge < -0.3 is 9.67 Å². The Bertz CT molecular complexity index is 1380. The Kier molecular flexibility index (Phi) is 7.22. The van der Waals surface area contributed by atoms with Gasteiger partial charge in [0, 0.05) is 50.4 Å². The Balaban J connectivity index is 1.61. The average molecular weight is 550 g/mol. The van der Waals surface area contributed by atoms with Crippen molar-refractivity contribution in [3.8, 4) is 11.3 Å². The first-order valence-corrected chi connectivity index (χ1v) is 15.5. The fourth-order valence-electron chi connectivity index (χ4n) is 5.88. The lowest BCUT2D eigenvalue weighted by molar-refractivity contribution is 0.0699. The standard InChI is InChI=1S/C26H32ClN3O4S2/c1-28-22(18-8-10-19(27)11-9-18)21(17-6-4-3-5-7-17)25-23(28)20(24(35-25)26(31)32)16-29-12-14-30(15-13-29)36(2,33)34/h8-11,17H,3-7,12-16H2,1-2H3,(H,31,32). The Labute approximate surface area is 221 Å². The van der Waals surface area contributed by atoms with Crippen molar-refractivity contribution in [2.24, 2.45) is 7.05 Å². The number of halogens is 1. The number of aromatic carboxylic acids is 1. The molecule has 1 aliphatic heterocycles. The number of piperazine rings is 1. The van der Waals surface area contributed by atoms with Gasteiger partial charge in [-0.1, -0.05) is 43.0 Å². The van der Waals surface area contributed by atoms with E-state index in [1.54, 1.807) is 0 Å². The van der Waals surface area contributed by atoms with Crippen LogP contribution >= 0.6 is 22.9 Å². The molecule has 0 spiro atoms. The van der Waals surface area contributed by atoms with Crippen LogP contribution in [-0.2, 0) is 23.6 Å². The molecule has 0 radical (unpaired) electrons. The first-order chi connectivity index (χ1) is 17.1. The number of fused-ring (bicyclic) bond motifs is 1. The predicted octanol–water partition coefficient (Wildman–Crippen LogP) is 5.38. The number of nitrogens with zero attached hydrogens (tertiary/aromatic N) is 3. The van der Waals surface area contributed by atoms with E-state index in [0.29, 0.717) is 48.5 Å². The number of benzene rings is 1. The summed E-state index contributed by atoms with van der Waals surface area (Å²) >= 11 is 7.60. The van der Waals surface area contributed by atoms with Crippen LogP contribution in [-0.4, -0.2) is 65.7 Å². The molecule has 194 valence electrons. The van der Waals surface area contributed by atoms with Crippen LogP contribution in [0.15, 0.2) is 24.3 Å². The first kappa shape index (κ1) is 25.7. The van der Waals surface area contributed by atoms with Crippen LogP contribution in [0.1, 0.15) is 58.8 Å². The Hall–Kier alpha value is -1.91. The van der Waals surface area contributed by atoms with Gasteiger partial charge in [0.25, 0.3) is 0 Å². The van der Waals surface area contributed by atoms with Gasteiger partial charge in [0.05, 0.1) is 22.2 Å². The van der Waals surface area contributed by atoms with Crippen molar-refractivity contribution in [2.75, 3.05) is 32.4 Å². The molecule has 2 aromatic heterocycles. The van der Waals surface area contributed by atoms with Crippen molar-refractivity contribution in [2.45, 2.75) is 44.6 Å². The molecule has 36 heavy (non-hydrogen) atoms. The number of carboxylic acids is 1. The summed E-state index contributed by atoms with van der Waals surface area (Å²) in [6.45, 7) is 2.48. The molecule has 7 nitrogen and oxygen atoms in total. The van der Waals surface area contributed by atoms with Gasteiger partial charge in [0.15, 0.2) is 0 Å². The molecule has 1 aliphatic carbocycles. The molecule has 0 bridgehead atoms. The van der Waals surface area contributed by atoms with Crippen molar-refractivity contribution in [3.05, 3.63) is 45.3 Å². The number of hydrogen-bond donors (Lipinski definition) is 1. The van der Waals surface area contributed by atoms with E-state index in [2.05, 4.69) is 21.6 Å². The van der Waals surface area contributed by atoms with E-state index in [4.69, 9.17) is 11.6 Å². The lowest BCUT2D eigenvalue weighted by Gasteiger charge is -2.33.